The quantitative estimate of drug-likeness (QED) is 0.215. The maximum atomic E-state index is 11.8. The smallest absolute Gasteiger partial charge is 0.203 e. The fraction of sp³-hybridized carbons (Fsp3) is 0.0417. The normalized spacial score (nSPS) is 11.9. The molecule has 0 aliphatic carbocycles. The molecule has 0 saturated carbocycles. The lowest BCUT2D eigenvalue weighted by atomic mass is 10.1. The second kappa shape index (κ2) is 9.13. The number of nitrogens with one attached hydrogen (secondary N) is 1. The summed E-state index contributed by atoms with van der Waals surface area (Å²) in [6.45, 7) is 0. The van der Waals surface area contributed by atoms with E-state index in [-0.39, 0.29) is 4.90 Å². The Balaban J connectivity index is 1.44. The first-order valence-electron chi connectivity index (χ1n) is 10.2. The number of hydrogen-bond acceptors (Lipinski definition) is 7. The van der Waals surface area contributed by atoms with Gasteiger partial charge in [-0.25, -0.2) is 18.4 Å². The molecule has 5 aromatic rings. The number of fused-ring (bicyclic) bond motifs is 1. The van der Waals surface area contributed by atoms with Crippen LogP contribution in [-0.4, -0.2) is 35.3 Å². The van der Waals surface area contributed by atoms with Crippen molar-refractivity contribution in [2.75, 3.05) is 11.7 Å². The monoisotopic (exact) mass is 551 g/mol. The summed E-state index contributed by atoms with van der Waals surface area (Å²) in [5.74, 6) is 0. The lowest BCUT2D eigenvalue weighted by Gasteiger charge is -2.03. The maximum Gasteiger partial charge on any atom is 0.203 e. The number of anilines is 1. The van der Waals surface area contributed by atoms with Gasteiger partial charge in [0, 0.05) is 33.4 Å². The van der Waals surface area contributed by atoms with E-state index >= 15 is 0 Å². The third kappa shape index (κ3) is 4.65. The molecule has 0 amide bonds. The lowest BCUT2D eigenvalue weighted by Crippen LogP contribution is -1.98. The van der Waals surface area contributed by atoms with Crippen molar-refractivity contribution in [3.05, 3.63) is 88.5 Å². The molecule has 0 atom stereocenters. The average Bonchev–Trinajstić information content (AvgIpc) is 3.44. The van der Waals surface area contributed by atoms with E-state index in [4.69, 9.17) is 4.98 Å². The molecular weight excluding hydrogens is 534 g/mol. The van der Waals surface area contributed by atoms with Gasteiger partial charge in [-0.3, -0.25) is 9.83 Å². The average molecular weight is 552 g/mol. The highest BCUT2D eigenvalue weighted by Gasteiger charge is 2.14. The molecule has 3 aromatic heterocycles. The van der Waals surface area contributed by atoms with E-state index in [1.54, 1.807) is 30.5 Å². The van der Waals surface area contributed by atoms with E-state index in [1.807, 2.05) is 58.4 Å². The summed E-state index contributed by atoms with van der Waals surface area (Å²) in [7, 11) is -3.27. The zero-order valence-electron chi connectivity index (χ0n) is 17.9. The fourth-order valence-corrected chi connectivity index (χ4v) is 5.00. The Morgan fingerprint density at radius 3 is 2.47 bits per heavy atom. The molecule has 5 rings (SSSR count). The van der Waals surface area contributed by atoms with Crippen molar-refractivity contribution in [2.24, 2.45) is 5.10 Å². The van der Waals surface area contributed by atoms with E-state index in [0.717, 1.165) is 32.6 Å². The first-order chi connectivity index (χ1) is 16.4. The van der Waals surface area contributed by atoms with Crippen LogP contribution in [0.3, 0.4) is 0 Å². The number of rotatable bonds is 6. The van der Waals surface area contributed by atoms with Gasteiger partial charge in [-0.15, -0.1) is 11.3 Å². The Labute approximate surface area is 208 Å². The highest BCUT2D eigenvalue weighted by atomic mass is 79.9. The molecule has 10 heteroatoms. The minimum atomic E-state index is -3.27. The Kier molecular flexibility index (Phi) is 6.03. The molecular formula is C24H18BrN5O2S2. The van der Waals surface area contributed by atoms with Crippen molar-refractivity contribution in [3.63, 3.8) is 0 Å². The molecule has 7 nitrogen and oxygen atoms in total. The Morgan fingerprint density at radius 2 is 1.74 bits per heavy atom. The van der Waals surface area contributed by atoms with E-state index < -0.39 is 9.84 Å². The Bertz CT molecular complexity index is 1610. The molecule has 0 fully saturated rings. The van der Waals surface area contributed by atoms with E-state index in [2.05, 4.69) is 31.4 Å². The van der Waals surface area contributed by atoms with Crippen molar-refractivity contribution < 1.29 is 8.42 Å². The number of sulfone groups is 1. The van der Waals surface area contributed by atoms with Crippen molar-refractivity contribution in [1.82, 2.24) is 14.4 Å². The van der Waals surface area contributed by atoms with Gasteiger partial charge in [-0.1, -0.05) is 46.3 Å². The van der Waals surface area contributed by atoms with Gasteiger partial charge in [0.15, 0.2) is 9.84 Å². The number of hydrogen-bond donors (Lipinski definition) is 1. The summed E-state index contributed by atoms with van der Waals surface area (Å²) >= 11 is 4.91. The van der Waals surface area contributed by atoms with Crippen LogP contribution < -0.4 is 5.43 Å². The molecule has 170 valence electrons. The molecule has 0 radical (unpaired) electrons. The van der Waals surface area contributed by atoms with Gasteiger partial charge in [0.1, 0.15) is 5.65 Å². The number of imidazole rings is 1. The van der Waals surface area contributed by atoms with Gasteiger partial charge < -0.3 is 0 Å². The number of nitrogens with zero attached hydrogens (tertiary/aromatic N) is 4. The van der Waals surface area contributed by atoms with Gasteiger partial charge >= 0.3 is 0 Å². The molecule has 0 aliphatic heterocycles. The second-order valence-electron chi connectivity index (χ2n) is 7.49. The van der Waals surface area contributed by atoms with Crippen molar-refractivity contribution in [1.29, 1.82) is 0 Å². The number of hydrazone groups is 1. The van der Waals surface area contributed by atoms with Gasteiger partial charge in [0.2, 0.25) is 5.13 Å². The maximum absolute atomic E-state index is 11.8. The molecule has 1 N–H and O–H groups in total. The Hall–Kier alpha value is -3.34. The number of aromatic nitrogens is 3. The number of thiazole rings is 1. The van der Waals surface area contributed by atoms with Crippen LogP contribution in [0.15, 0.2) is 92.8 Å². The zero-order valence-corrected chi connectivity index (χ0v) is 21.1. The molecule has 0 unspecified atom stereocenters. The molecule has 0 spiro atoms. The second-order valence-corrected chi connectivity index (χ2v) is 11.3. The van der Waals surface area contributed by atoms with E-state index in [9.17, 15) is 8.42 Å². The first kappa shape index (κ1) is 22.5. The predicted molar refractivity (Wildman–Crippen MR) is 140 cm³/mol. The zero-order chi connectivity index (χ0) is 23.7. The van der Waals surface area contributed by atoms with Crippen LogP contribution in [0.2, 0.25) is 0 Å². The van der Waals surface area contributed by atoms with Gasteiger partial charge in [-0.2, -0.15) is 5.10 Å². The van der Waals surface area contributed by atoms with Gasteiger partial charge in [0.25, 0.3) is 0 Å². The largest absolute Gasteiger partial charge is 0.298 e. The van der Waals surface area contributed by atoms with Gasteiger partial charge in [0.05, 0.1) is 28.2 Å². The van der Waals surface area contributed by atoms with E-state index in [0.29, 0.717) is 10.8 Å². The van der Waals surface area contributed by atoms with Crippen molar-refractivity contribution >= 4 is 54.1 Å². The molecule has 2 aromatic carbocycles. The molecule has 34 heavy (non-hydrogen) atoms. The van der Waals surface area contributed by atoms with Crippen LogP contribution in [-0.2, 0) is 9.84 Å². The molecule has 0 saturated heterocycles. The number of pyridine rings is 1. The van der Waals surface area contributed by atoms with Crippen LogP contribution >= 0.6 is 27.3 Å². The summed E-state index contributed by atoms with van der Waals surface area (Å²) < 4.78 is 26.6. The summed E-state index contributed by atoms with van der Waals surface area (Å²) in [4.78, 5) is 9.60. The summed E-state index contributed by atoms with van der Waals surface area (Å²) in [6, 6.07) is 20.4. The van der Waals surface area contributed by atoms with Crippen LogP contribution in [0.4, 0.5) is 5.13 Å². The number of benzene rings is 2. The van der Waals surface area contributed by atoms with E-state index in [1.165, 1.54) is 17.6 Å². The molecule has 0 bridgehead atoms. The van der Waals surface area contributed by atoms with Gasteiger partial charge in [-0.05, 0) is 36.4 Å². The third-order valence-electron chi connectivity index (χ3n) is 5.11. The topological polar surface area (TPSA) is 88.7 Å². The highest BCUT2D eigenvalue weighted by Crippen LogP contribution is 2.27. The van der Waals surface area contributed by atoms with Crippen LogP contribution in [0, 0.1) is 0 Å². The van der Waals surface area contributed by atoms with Crippen molar-refractivity contribution in [3.8, 4) is 22.5 Å². The minimum Gasteiger partial charge on any atom is -0.298 e. The summed E-state index contributed by atoms with van der Waals surface area (Å²) in [5, 5.41) is 7.05. The van der Waals surface area contributed by atoms with Crippen molar-refractivity contribution in [2.45, 2.75) is 4.90 Å². The molecule has 3 heterocycles. The van der Waals surface area contributed by atoms with Crippen LogP contribution in [0.25, 0.3) is 28.2 Å². The molecule has 0 aliphatic rings. The predicted octanol–water partition coefficient (Wildman–Crippen LogP) is 5.74. The summed E-state index contributed by atoms with van der Waals surface area (Å²) in [6.07, 6.45) is 4.80. The van der Waals surface area contributed by atoms with Crippen LogP contribution in [0.1, 0.15) is 5.69 Å². The first-order valence-corrected chi connectivity index (χ1v) is 13.7. The standard InChI is InChI=1S/C24H18BrN5O2S2/c1-34(31,32)19-11-7-17(8-12-19)23-21(30-13-3-2-4-22(30)28-23)14-26-29-24-27-20(15-33-24)16-5-9-18(25)10-6-16/h2-15H,1H3,(H,27,29)/b26-14+. The third-order valence-corrected chi connectivity index (χ3v) is 7.52. The number of halogens is 1. The minimum absolute atomic E-state index is 0.266. The summed E-state index contributed by atoms with van der Waals surface area (Å²) in [5.41, 5.74) is 7.92. The fourth-order valence-electron chi connectivity index (χ4n) is 3.44. The Morgan fingerprint density at radius 1 is 1.00 bits per heavy atom. The highest BCUT2D eigenvalue weighted by molar-refractivity contribution is 9.10. The SMILES string of the molecule is CS(=O)(=O)c1ccc(-c2nc3ccccn3c2/C=N/Nc2nc(-c3ccc(Br)cc3)cs2)cc1. The van der Waals surface area contributed by atoms with Crippen LogP contribution in [0.5, 0.6) is 0 Å². The lowest BCUT2D eigenvalue weighted by molar-refractivity contribution is 0.602.